The highest BCUT2D eigenvalue weighted by atomic mass is 35.5. The minimum atomic E-state index is -0.317. The van der Waals surface area contributed by atoms with Gasteiger partial charge in [0.15, 0.2) is 5.78 Å². The number of nitrogens with one attached hydrogen (secondary N) is 1. The molecule has 0 aliphatic heterocycles. The maximum absolute atomic E-state index is 12.8. The maximum atomic E-state index is 12.8. The molecular formula is C22H18ClNO3. The first-order valence-electron chi connectivity index (χ1n) is 8.52. The maximum Gasteiger partial charge on any atom is 0.255 e. The number of hydrogen-bond donors (Lipinski definition) is 1. The van der Waals surface area contributed by atoms with Crippen molar-refractivity contribution in [2.45, 2.75) is 6.92 Å². The fourth-order valence-electron chi connectivity index (χ4n) is 2.62. The van der Waals surface area contributed by atoms with Gasteiger partial charge in [0.1, 0.15) is 5.75 Å². The average Bonchev–Trinajstić information content (AvgIpc) is 2.70. The summed E-state index contributed by atoms with van der Waals surface area (Å²) in [4.78, 5) is 25.4. The number of ether oxygens (including phenoxy) is 1. The summed E-state index contributed by atoms with van der Waals surface area (Å²) in [5.74, 6) is 0.170. The normalized spacial score (nSPS) is 10.3. The zero-order chi connectivity index (χ0) is 19.2. The molecule has 0 heterocycles. The number of halogens is 1. The first-order chi connectivity index (χ1) is 13.1. The molecule has 4 nitrogen and oxygen atoms in total. The van der Waals surface area contributed by atoms with Crippen molar-refractivity contribution >= 4 is 29.0 Å². The van der Waals surface area contributed by atoms with Crippen LogP contribution in [-0.4, -0.2) is 18.3 Å². The predicted octanol–water partition coefficient (Wildman–Crippen LogP) is 5.22. The molecule has 0 unspecified atom stereocenters. The predicted molar refractivity (Wildman–Crippen MR) is 107 cm³/mol. The molecule has 0 aliphatic rings. The van der Waals surface area contributed by atoms with Crippen LogP contribution in [0.3, 0.4) is 0 Å². The summed E-state index contributed by atoms with van der Waals surface area (Å²) in [6.45, 7) is 2.45. The van der Waals surface area contributed by atoms with Crippen LogP contribution in [0.25, 0.3) is 0 Å². The van der Waals surface area contributed by atoms with Gasteiger partial charge in [0.25, 0.3) is 5.91 Å². The van der Waals surface area contributed by atoms with E-state index in [1.165, 1.54) is 0 Å². The van der Waals surface area contributed by atoms with Crippen LogP contribution in [0.2, 0.25) is 5.02 Å². The molecule has 1 amide bonds. The van der Waals surface area contributed by atoms with Gasteiger partial charge in [0.2, 0.25) is 0 Å². The number of ketones is 1. The molecule has 3 rings (SSSR count). The molecule has 0 atom stereocenters. The summed E-state index contributed by atoms with van der Waals surface area (Å²) >= 11 is 6.07. The van der Waals surface area contributed by atoms with E-state index in [9.17, 15) is 9.59 Å². The van der Waals surface area contributed by atoms with Gasteiger partial charge in [-0.2, -0.15) is 0 Å². The van der Waals surface area contributed by atoms with E-state index in [-0.39, 0.29) is 11.7 Å². The molecule has 0 aromatic heterocycles. The molecular weight excluding hydrogens is 362 g/mol. The van der Waals surface area contributed by atoms with Crippen LogP contribution in [-0.2, 0) is 0 Å². The summed E-state index contributed by atoms with van der Waals surface area (Å²) in [6.07, 6.45) is 0. The molecule has 0 spiro atoms. The Morgan fingerprint density at radius 1 is 0.926 bits per heavy atom. The van der Waals surface area contributed by atoms with Crippen LogP contribution in [0.15, 0.2) is 72.8 Å². The van der Waals surface area contributed by atoms with Gasteiger partial charge in [-0.15, -0.1) is 0 Å². The highest BCUT2D eigenvalue weighted by molar-refractivity contribution is 6.31. The fourth-order valence-corrected chi connectivity index (χ4v) is 2.79. The second-order valence-corrected chi connectivity index (χ2v) is 6.23. The molecule has 0 fully saturated rings. The number of hydrogen-bond acceptors (Lipinski definition) is 3. The van der Waals surface area contributed by atoms with E-state index >= 15 is 0 Å². The lowest BCUT2D eigenvalue weighted by atomic mass is 10.0. The molecule has 3 aromatic carbocycles. The minimum Gasteiger partial charge on any atom is -0.494 e. The third-order valence-electron chi connectivity index (χ3n) is 3.94. The van der Waals surface area contributed by atoms with Crippen molar-refractivity contribution in [1.82, 2.24) is 0 Å². The van der Waals surface area contributed by atoms with Crippen molar-refractivity contribution in [3.05, 3.63) is 94.5 Å². The lowest BCUT2D eigenvalue weighted by molar-refractivity contribution is 0.102. The Balaban J connectivity index is 1.86. The number of amides is 1. The first kappa shape index (κ1) is 18.7. The van der Waals surface area contributed by atoms with E-state index in [2.05, 4.69) is 5.32 Å². The Morgan fingerprint density at radius 2 is 1.63 bits per heavy atom. The molecule has 0 radical (unpaired) electrons. The van der Waals surface area contributed by atoms with Crippen molar-refractivity contribution in [3.63, 3.8) is 0 Å². The summed E-state index contributed by atoms with van der Waals surface area (Å²) in [7, 11) is 0. The van der Waals surface area contributed by atoms with Gasteiger partial charge >= 0.3 is 0 Å². The van der Waals surface area contributed by atoms with Gasteiger partial charge in [0, 0.05) is 21.7 Å². The minimum absolute atomic E-state index is 0.208. The van der Waals surface area contributed by atoms with Crippen LogP contribution in [0.4, 0.5) is 5.69 Å². The topological polar surface area (TPSA) is 55.4 Å². The van der Waals surface area contributed by atoms with Crippen molar-refractivity contribution in [3.8, 4) is 5.75 Å². The number of anilines is 1. The van der Waals surface area contributed by atoms with E-state index < -0.39 is 0 Å². The molecule has 0 aliphatic carbocycles. The molecule has 27 heavy (non-hydrogen) atoms. The SMILES string of the molecule is CCOc1ccc(C(=O)Nc2ccc(Cl)cc2C(=O)c2ccccc2)cc1. The second-order valence-electron chi connectivity index (χ2n) is 5.80. The molecule has 3 aromatic rings. The Labute approximate surface area is 162 Å². The summed E-state index contributed by atoms with van der Waals surface area (Å²) in [5.41, 5.74) is 1.74. The van der Waals surface area contributed by atoms with Crippen molar-refractivity contribution in [2.75, 3.05) is 11.9 Å². The first-order valence-corrected chi connectivity index (χ1v) is 8.90. The van der Waals surface area contributed by atoms with E-state index in [4.69, 9.17) is 16.3 Å². The zero-order valence-electron chi connectivity index (χ0n) is 14.7. The highest BCUT2D eigenvalue weighted by Crippen LogP contribution is 2.24. The van der Waals surface area contributed by atoms with Crippen LogP contribution < -0.4 is 10.1 Å². The van der Waals surface area contributed by atoms with E-state index in [0.29, 0.717) is 39.8 Å². The quantitative estimate of drug-likeness (QED) is 0.597. The fraction of sp³-hybridized carbons (Fsp3) is 0.0909. The Bertz CT molecular complexity index is 953. The van der Waals surface area contributed by atoms with Gasteiger partial charge in [-0.25, -0.2) is 0 Å². The number of rotatable bonds is 6. The van der Waals surface area contributed by atoms with Gasteiger partial charge in [0.05, 0.1) is 12.3 Å². The molecule has 5 heteroatoms. The van der Waals surface area contributed by atoms with Gasteiger partial charge in [-0.05, 0) is 49.4 Å². The van der Waals surface area contributed by atoms with Gasteiger partial charge < -0.3 is 10.1 Å². The van der Waals surface area contributed by atoms with Gasteiger partial charge in [-0.3, -0.25) is 9.59 Å². The smallest absolute Gasteiger partial charge is 0.255 e. The molecule has 136 valence electrons. The molecule has 0 saturated heterocycles. The second kappa shape index (κ2) is 8.52. The lowest BCUT2D eigenvalue weighted by Crippen LogP contribution is -2.15. The standard InChI is InChI=1S/C22H18ClNO3/c1-2-27-18-11-8-16(9-12-18)22(26)24-20-13-10-17(23)14-19(20)21(25)15-6-4-3-5-7-15/h3-14H,2H2,1H3,(H,24,26). The van der Waals surface area contributed by atoms with E-state index in [1.54, 1.807) is 66.7 Å². The van der Waals surface area contributed by atoms with Crippen molar-refractivity contribution in [1.29, 1.82) is 0 Å². The van der Waals surface area contributed by atoms with E-state index in [1.807, 2.05) is 13.0 Å². The van der Waals surface area contributed by atoms with Gasteiger partial charge in [-0.1, -0.05) is 41.9 Å². The number of carbonyl (C=O) groups excluding carboxylic acids is 2. The summed E-state index contributed by atoms with van der Waals surface area (Å²) in [5, 5.41) is 3.22. The third kappa shape index (κ3) is 4.54. The Morgan fingerprint density at radius 3 is 2.30 bits per heavy atom. The lowest BCUT2D eigenvalue weighted by Gasteiger charge is -2.12. The van der Waals surface area contributed by atoms with Crippen molar-refractivity contribution in [2.24, 2.45) is 0 Å². The molecule has 1 N–H and O–H groups in total. The van der Waals surface area contributed by atoms with Crippen LogP contribution in [0.1, 0.15) is 33.2 Å². The third-order valence-corrected chi connectivity index (χ3v) is 4.17. The number of benzene rings is 3. The Kier molecular flexibility index (Phi) is 5.89. The molecule has 0 bridgehead atoms. The average molecular weight is 380 g/mol. The monoisotopic (exact) mass is 379 g/mol. The van der Waals surface area contributed by atoms with Crippen LogP contribution >= 0.6 is 11.6 Å². The van der Waals surface area contributed by atoms with Crippen LogP contribution in [0, 0.1) is 0 Å². The largest absolute Gasteiger partial charge is 0.494 e. The number of carbonyl (C=O) groups is 2. The zero-order valence-corrected chi connectivity index (χ0v) is 15.5. The summed E-state index contributed by atoms with van der Waals surface area (Å²) < 4.78 is 5.38. The van der Waals surface area contributed by atoms with Crippen molar-refractivity contribution < 1.29 is 14.3 Å². The Hall–Kier alpha value is -3.11. The summed E-state index contributed by atoms with van der Waals surface area (Å²) in [6, 6.07) is 20.5. The molecule has 0 saturated carbocycles. The van der Waals surface area contributed by atoms with Crippen LogP contribution in [0.5, 0.6) is 5.75 Å². The van der Waals surface area contributed by atoms with E-state index in [0.717, 1.165) is 0 Å². The highest BCUT2D eigenvalue weighted by Gasteiger charge is 2.16.